The molecule has 94 valence electrons. The normalized spacial score (nSPS) is 30.2. The van der Waals surface area contributed by atoms with Crippen LogP contribution in [0.15, 0.2) is 0 Å². The maximum atomic E-state index is 4.77. The van der Waals surface area contributed by atoms with E-state index in [-0.39, 0.29) is 0 Å². The van der Waals surface area contributed by atoms with Crippen molar-refractivity contribution in [3.8, 4) is 0 Å². The molecule has 0 saturated carbocycles. The lowest BCUT2D eigenvalue weighted by molar-refractivity contribution is 0.179. The molecule has 2 atom stereocenters. The van der Waals surface area contributed by atoms with Gasteiger partial charge in [-0.15, -0.1) is 0 Å². The molecule has 3 rings (SSSR count). The molecule has 0 radical (unpaired) electrons. The van der Waals surface area contributed by atoms with Gasteiger partial charge in [-0.1, -0.05) is 13.3 Å². The minimum Gasteiger partial charge on any atom is -0.296 e. The number of piperidine rings is 1. The molecule has 0 amide bonds. The van der Waals surface area contributed by atoms with Gasteiger partial charge in [0.05, 0.1) is 6.04 Å². The molecule has 1 aromatic heterocycles. The second-order valence-corrected chi connectivity index (χ2v) is 5.70. The summed E-state index contributed by atoms with van der Waals surface area (Å²) in [5.41, 5.74) is 0. The van der Waals surface area contributed by atoms with Gasteiger partial charge in [0.2, 0.25) is 0 Å². The fraction of sp³-hybridized carbons (Fsp3) is 0.846. The maximum Gasteiger partial charge on any atom is 0.168 e. The first-order valence-electron chi connectivity index (χ1n) is 6.88. The highest BCUT2D eigenvalue weighted by molar-refractivity contribution is 5.02. The SMILES string of the molecule is CC1CCc2nc(C3CCCCN3C)nn2C1. The molecule has 4 nitrogen and oxygen atoms in total. The van der Waals surface area contributed by atoms with Crippen molar-refractivity contribution >= 4 is 0 Å². The van der Waals surface area contributed by atoms with Gasteiger partial charge < -0.3 is 0 Å². The highest BCUT2D eigenvalue weighted by Crippen LogP contribution is 2.28. The van der Waals surface area contributed by atoms with E-state index in [0.717, 1.165) is 24.7 Å². The second-order valence-electron chi connectivity index (χ2n) is 5.70. The molecule has 1 saturated heterocycles. The predicted octanol–water partition coefficient (Wildman–Crippen LogP) is 2.02. The lowest BCUT2D eigenvalue weighted by atomic mass is 10.0. The van der Waals surface area contributed by atoms with Crippen LogP contribution in [0.4, 0.5) is 0 Å². The zero-order valence-corrected chi connectivity index (χ0v) is 10.9. The van der Waals surface area contributed by atoms with Crippen LogP contribution < -0.4 is 0 Å². The van der Waals surface area contributed by atoms with Crippen molar-refractivity contribution in [1.29, 1.82) is 0 Å². The van der Waals surface area contributed by atoms with E-state index in [1.807, 2.05) is 0 Å². The molecule has 0 aromatic carbocycles. The van der Waals surface area contributed by atoms with Gasteiger partial charge in [-0.25, -0.2) is 9.67 Å². The van der Waals surface area contributed by atoms with Crippen molar-refractivity contribution in [2.24, 2.45) is 5.92 Å². The molecule has 0 aliphatic carbocycles. The summed E-state index contributed by atoms with van der Waals surface area (Å²) in [6.45, 7) is 4.54. The van der Waals surface area contributed by atoms with Gasteiger partial charge in [-0.05, 0) is 38.8 Å². The van der Waals surface area contributed by atoms with E-state index in [0.29, 0.717) is 6.04 Å². The molecular formula is C13H22N4. The quantitative estimate of drug-likeness (QED) is 0.745. The summed E-state index contributed by atoms with van der Waals surface area (Å²) in [5.74, 6) is 3.02. The van der Waals surface area contributed by atoms with E-state index in [1.54, 1.807) is 0 Å². The Bertz CT molecular complexity index is 398. The van der Waals surface area contributed by atoms with E-state index in [2.05, 4.69) is 23.6 Å². The average Bonchev–Trinajstić information content (AvgIpc) is 2.72. The van der Waals surface area contributed by atoms with Crippen LogP contribution in [0, 0.1) is 5.92 Å². The zero-order chi connectivity index (χ0) is 11.8. The van der Waals surface area contributed by atoms with Crippen molar-refractivity contribution in [1.82, 2.24) is 19.7 Å². The second kappa shape index (κ2) is 4.41. The van der Waals surface area contributed by atoms with Gasteiger partial charge in [-0.3, -0.25) is 4.90 Å². The highest BCUT2D eigenvalue weighted by Gasteiger charge is 2.27. The fourth-order valence-electron chi connectivity index (χ4n) is 3.03. The van der Waals surface area contributed by atoms with Gasteiger partial charge in [0.25, 0.3) is 0 Å². The largest absolute Gasteiger partial charge is 0.296 e. The number of aryl methyl sites for hydroxylation is 1. The standard InChI is InChI=1S/C13H22N4/c1-10-6-7-12-14-13(15-17(12)9-10)11-5-3-4-8-16(11)2/h10-11H,3-9H2,1-2H3. The van der Waals surface area contributed by atoms with Gasteiger partial charge in [-0.2, -0.15) is 5.10 Å². The minimum absolute atomic E-state index is 0.456. The van der Waals surface area contributed by atoms with Gasteiger partial charge in [0.1, 0.15) is 5.82 Å². The first kappa shape index (κ1) is 11.2. The Kier molecular flexibility index (Phi) is 2.90. The Morgan fingerprint density at radius 2 is 2.12 bits per heavy atom. The summed E-state index contributed by atoms with van der Waals surface area (Å²) in [7, 11) is 2.20. The number of aromatic nitrogens is 3. The van der Waals surface area contributed by atoms with Crippen molar-refractivity contribution in [2.45, 2.75) is 51.6 Å². The molecule has 1 fully saturated rings. The third kappa shape index (κ3) is 2.10. The fourth-order valence-corrected chi connectivity index (χ4v) is 3.03. The molecule has 17 heavy (non-hydrogen) atoms. The number of hydrogen-bond acceptors (Lipinski definition) is 3. The Hall–Kier alpha value is -0.900. The van der Waals surface area contributed by atoms with Crippen LogP contribution in [-0.4, -0.2) is 33.3 Å². The topological polar surface area (TPSA) is 34.0 Å². The zero-order valence-electron chi connectivity index (χ0n) is 10.9. The van der Waals surface area contributed by atoms with Gasteiger partial charge in [0.15, 0.2) is 5.82 Å². The lowest BCUT2D eigenvalue weighted by Crippen LogP contribution is -2.30. The van der Waals surface area contributed by atoms with Crippen LogP contribution >= 0.6 is 0 Å². The molecule has 3 heterocycles. The van der Waals surface area contributed by atoms with Crippen LogP contribution in [-0.2, 0) is 13.0 Å². The van der Waals surface area contributed by atoms with E-state index < -0.39 is 0 Å². The van der Waals surface area contributed by atoms with Crippen LogP contribution in [0.2, 0.25) is 0 Å². The summed E-state index contributed by atoms with van der Waals surface area (Å²) < 4.78 is 2.14. The van der Waals surface area contributed by atoms with Crippen LogP contribution in [0.25, 0.3) is 0 Å². The molecule has 4 heteroatoms. The van der Waals surface area contributed by atoms with Crippen LogP contribution in [0.3, 0.4) is 0 Å². The first-order valence-corrected chi connectivity index (χ1v) is 6.88. The predicted molar refractivity (Wildman–Crippen MR) is 66.7 cm³/mol. The van der Waals surface area contributed by atoms with Crippen molar-refractivity contribution in [3.05, 3.63) is 11.6 Å². The minimum atomic E-state index is 0.456. The van der Waals surface area contributed by atoms with E-state index >= 15 is 0 Å². The molecule has 1 aromatic rings. The van der Waals surface area contributed by atoms with Crippen LogP contribution in [0.5, 0.6) is 0 Å². The Morgan fingerprint density at radius 3 is 2.94 bits per heavy atom. The third-order valence-corrected chi connectivity index (χ3v) is 4.18. The summed E-state index contributed by atoms with van der Waals surface area (Å²) in [6, 6.07) is 0.456. The molecule has 2 aliphatic heterocycles. The average molecular weight is 234 g/mol. The molecule has 2 unspecified atom stereocenters. The highest BCUT2D eigenvalue weighted by atomic mass is 15.4. The maximum absolute atomic E-state index is 4.77. The Balaban J connectivity index is 1.84. The monoisotopic (exact) mass is 234 g/mol. The number of rotatable bonds is 1. The van der Waals surface area contributed by atoms with E-state index in [1.165, 1.54) is 38.1 Å². The van der Waals surface area contributed by atoms with Crippen molar-refractivity contribution in [3.63, 3.8) is 0 Å². The number of likely N-dealkylation sites (tertiary alicyclic amines) is 1. The molecule has 2 aliphatic rings. The van der Waals surface area contributed by atoms with Crippen molar-refractivity contribution < 1.29 is 0 Å². The van der Waals surface area contributed by atoms with E-state index in [4.69, 9.17) is 10.1 Å². The molecule has 0 spiro atoms. The molecular weight excluding hydrogens is 212 g/mol. The summed E-state index contributed by atoms with van der Waals surface area (Å²) in [6.07, 6.45) is 6.21. The number of hydrogen-bond donors (Lipinski definition) is 0. The number of nitrogens with zero attached hydrogens (tertiary/aromatic N) is 4. The summed E-state index contributed by atoms with van der Waals surface area (Å²) in [4.78, 5) is 7.18. The Labute approximate surface area is 103 Å². The summed E-state index contributed by atoms with van der Waals surface area (Å²) in [5, 5.41) is 4.74. The number of fused-ring (bicyclic) bond motifs is 1. The first-order chi connectivity index (χ1) is 8.24. The summed E-state index contributed by atoms with van der Waals surface area (Å²) >= 11 is 0. The van der Waals surface area contributed by atoms with Crippen LogP contribution in [0.1, 0.15) is 50.3 Å². The van der Waals surface area contributed by atoms with Gasteiger partial charge in [0, 0.05) is 13.0 Å². The molecule has 0 bridgehead atoms. The lowest BCUT2D eigenvalue weighted by Gasteiger charge is -2.30. The van der Waals surface area contributed by atoms with E-state index in [9.17, 15) is 0 Å². The smallest absolute Gasteiger partial charge is 0.168 e. The molecule has 0 N–H and O–H groups in total. The van der Waals surface area contributed by atoms with Crippen molar-refractivity contribution in [2.75, 3.05) is 13.6 Å². The third-order valence-electron chi connectivity index (χ3n) is 4.18. The van der Waals surface area contributed by atoms with Gasteiger partial charge >= 0.3 is 0 Å². The Morgan fingerprint density at radius 1 is 1.24 bits per heavy atom.